The molecule has 0 aliphatic heterocycles. The van der Waals surface area contributed by atoms with Crippen molar-refractivity contribution in [3.63, 3.8) is 0 Å². The Balaban J connectivity index is 2.75. The molecule has 0 aliphatic rings. The highest BCUT2D eigenvalue weighted by molar-refractivity contribution is 8.13. The van der Waals surface area contributed by atoms with Crippen molar-refractivity contribution in [2.24, 2.45) is 0 Å². The van der Waals surface area contributed by atoms with Crippen molar-refractivity contribution in [2.45, 2.75) is 5.75 Å². The third kappa shape index (κ3) is 2.36. The lowest BCUT2D eigenvalue weighted by Crippen LogP contribution is -1.96. The Labute approximate surface area is 62.7 Å². The first-order chi connectivity index (χ1) is 4.58. The summed E-state index contributed by atoms with van der Waals surface area (Å²) in [6.45, 7) is 0. The van der Waals surface area contributed by atoms with Gasteiger partial charge in [-0.05, 0) is 0 Å². The van der Waals surface area contributed by atoms with Gasteiger partial charge in [-0.15, -0.1) is 0 Å². The van der Waals surface area contributed by atoms with E-state index >= 15 is 0 Å². The van der Waals surface area contributed by atoms with Crippen molar-refractivity contribution in [3.8, 4) is 0 Å². The quantitative estimate of drug-likeness (QED) is 0.674. The Morgan fingerprint density at radius 1 is 1.70 bits per heavy atom. The summed E-state index contributed by atoms with van der Waals surface area (Å²) in [7, 11) is 1.47. The first kappa shape index (κ1) is 7.56. The van der Waals surface area contributed by atoms with Crippen LogP contribution in [0.2, 0.25) is 0 Å². The Bertz CT molecular complexity index is 291. The normalized spacial score (nSPS) is 11.7. The van der Waals surface area contributed by atoms with Crippen LogP contribution >= 0.6 is 10.7 Å². The van der Waals surface area contributed by atoms with Crippen molar-refractivity contribution < 1.29 is 8.42 Å². The zero-order chi connectivity index (χ0) is 7.61. The number of hydrogen-bond donors (Lipinski definition) is 1. The Hall–Kier alpha value is -0.550. The fourth-order valence-electron chi connectivity index (χ4n) is 0.540. The molecule has 0 bridgehead atoms. The minimum atomic E-state index is -3.47. The van der Waals surface area contributed by atoms with Crippen LogP contribution in [0.3, 0.4) is 0 Å². The molecule has 0 saturated carbocycles. The summed E-state index contributed by atoms with van der Waals surface area (Å²) in [5.74, 6) is 0.108. The number of hydrogen-bond acceptors (Lipinski definition) is 3. The van der Waals surface area contributed by atoms with E-state index in [1.165, 1.54) is 12.4 Å². The van der Waals surface area contributed by atoms with E-state index in [-0.39, 0.29) is 5.75 Å². The molecule has 0 aromatic carbocycles. The molecule has 56 valence electrons. The standard InChI is InChI=1S/C4H5ClN2O2S/c5-10(8,9)3-4-6-1-2-7-4/h1-2H,3H2,(H,6,7). The lowest BCUT2D eigenvalue weighted by molar-refractivity contribution is 0.608. The second kappa shape index (κ2) is 2.59. The number of imidazole rings is 1. The average molecular weight is 181 g/mol. The number of nitrogens with one attached hydrogen (secondary N) is 1. The summed E-state index contributed by atoms with van der Waals surface area (Å²) in [5.41, 5.74) is 0. The van der Waals surface area contributed by atoms with Crippen LogP contribution in [0.1, 0.15) is 5.82 Å². The molecule has 1 aromatic rings. The number of H-pyrrole nitrogens is 1. The van der Waals surface area contributed by atoms with Crippen molar-refractivity contribution in [1.29, 1.82) is 0 Å². The van der Waals surface area contributed by atoms with Gasteiger partial charge >= 0.3 is 0 Å². The van der Waals surface area contributed by atoms with Gasteiger partial charge in [-0.2, -0.15) is 0 Å². The molecule has 0 atom stereocenters. The van der Waals surface area contributed by atoms with E-state index in [0.29, 0.717) is 5.82 Å². The molecule has 0 amide bonds. The van der Waals surface area contributed by atoms with Gasteiger partial charge in [-0.3, -0.25) is 0 Å². The van der Waals surface area contributed by atoms with Gasteiger partial charge in [0.1, 0.15) is 11.6 Å². The highest BCUT2D eigenvalue weighted by Gasteiger charge is 2.07. The molecule has 10 heavy (non-hydrogen) atoms. The predicted octanol–water partition coefficient (Wildman–Crippen LogP) is 0.478. The molecule has 0 unspecified atom stereocenters. The fourth-order valence-corrected chi connectivity index (χ4v) is 1.33. The van der Waals surface area contributed by atoms with Gasteiger partial charge in [-0.25, -0.2) is 13.4 Å². The molecule has 6 heteroatoms. The predicted molar refractivity (Wildman–Crippen MR) is 37.1 cm³/mol. The zero-order valence-electron chi connectivity index (χ0n) is 4.91. The van der Waals surface area contributed by atoms with E-state index in [1.807, 2.05) is 0 Å². The van der Waals surface area contributed by atoms with E-state index < -0.39 is 9.05 Å². The minimum Gasteiger partial charge on any atom is -0.348 e. The van der Waals surface area contributed by atoms with E-state index in [0.717, 1.165) is 0 Å². The summed E-state index contributed by atoms with van der Waals surface area (Å²) < 4.78 is 20.8. The number of nitrogens with zero attached hydrogens (tertiary/aromatic N) is 1. The zero-order valence-corrected chi connectivity index (χ0v) is 6.48. The SMILES string of the molecule is O=S(=O)(Cl)Cc1ncc[nH]1. The smallest absolute Gasteiger partial charge is 0.239 e. The summed E-state index contributed by atoms with van der Waals surface area (Å²) >= 11 is 0. The Morgan fingerprint density at radius 2 is 2.40 bits per heavy atom. The van der Waals surface area contributed by atoms with Gasteiger partial charge in [0.05, 0.1) is 0 Å². The van der Waals surface area contributed by atoms with Gasteiger partial charge in [0.2, 0.25) is 9.05 Å². The Morgan fingerprint density at radius 3 is 2.80 bits per heavy atom. The number of aromatic amines is 1. The van der Waals surface area contributed by atoms with E-state index in [9.17, 15) is 8.42 Å². The molecule has 0 radical (unpaired) electrons. The van der Waals surface area contributed by atoms with Gasteiger partial charge in [-0.1, -0.05) is 0 Å². The number of halogens is 1. The van der Waals surface area contributed by atoms with Crippen LogP contribution < -0.4 is 0 Å². The third-order valence-corrected chi connectivity index (χ3v) is 1.81. The molecule has 4 nitrogen and oxygen atoms in total. The monoisotopic (exact) mass is 180 g/mol. The summed E-state index contributed by atoms with van der Waals surface area (Å²) in [6, 6.07) is 0. The van der Waals surface area contributed by atoms with Crippen LogP contribution in [0, 0.1) is 0 Å². The maximum absolute atomic E-state index is 10.4. The van der Waals surface area contributed by atoms with Crippen molar-refractivity contribution >= 4 is 19.7 Å². The van der Waals surface area contributed by atoms with E-state index in [1.54, 1.807) is 0 Å². The molecule has 0 fully saturated rings. The molecule has 1 N–H and O–H groups in total. The molecular formula is C4H5ClN2O2S. The van der Waals surface area contributed by atoms with Crippen molar-refractivity contribution in [3.05, 3.63) is 18.2 Å². The first-order valence-corrected chi connectivity index (χ1v) is 4.96. The van der Waals surface area contributed by atoms with Crippen molar-refractivity contribution in [1.82, 2.24) is 9.97 Å². The second-order valence-corrected chi connectivity index (χ2v) is 4.50. The maximum Gasteiger partial charge on any atom is 0.239 e. The summed E-state index contributed by atoms with van der Waals surface area (Å²) in [4.78, 5) is 6.30. The van der Waals surface area contributed by atoms with Gasteiger partial charge in [0.15, 0.2) is 0 Å². The lowest BCUT2D eigenvalue weighted by atomic mass is 10.7. The van der Waals surface area contributed by atoms with Crippen LogP contribution in [0.25, 0.3) is 0 Å². The highest BCUT2D eigenvalue weighted by atomic mass is 35.7. The maximum atomic E-state index is 10.4. The van der Waals surface area contributed by atoms with Crippen LogP contribution in [0.15, 0.2) is 12.4 Å². The molecule has 1 heterocycles. The van der Waals surface area contributed by atoms with E-state index in [4.69, 9.17) is 10.7 Å². The van der Waals surface area contributed by atoms with E-state index in [2.05, 4.69) is 9.97 Å². The summed E-state index contributed by atoms with van der Waals surface area (Å²) in [5, 5.41) is 0. The van der Waals surface area contributed by atoms with Crippen molar-refractivity contribution in [2.75, 3.05) is 0 Å². The average Bonchev–Trinajstić information content (AvgIpc) is 2.12. The highest BCUT2D eigenvalue weighted by Crippen LogP contribution is 2.03. The van der Waals surface area contributed by atoms with Gasteiger partial charge in [0, 0.05) is 23.1 Å². The first-order valence-electron chi connectivity index (χ1n) is 2.48. The number of rotatable bonds is 2. The van der Waals surface area contributed by atoms with Crippen LogP contribution in [0.5, 0.6) is 0 Å². The molecule has 1 rings (SSSR count). The molecule has 0 spiro atoms. The number of aromatic nitrogens is 2. The second-order valence-electron chi connectivity index (χ2n) is 1.72. The molecular weight excluding hydrogens is 176 g/mol. The molecule has 1 aromatic heterocycles. The summed E-state index contributed by atoms with van der Waals surface area (Å²) in [6.07, 6.45) is 3.01. The third-order valence-electron chi connectivity index (χ3n) is 0.864. The van der Waals surface area contributed by atoms with Crippen LogP contribution in [0.4, 0.5) is 0 Å². The molecule has 0 saturated heterocycles. The lowest BCUT2D eigenvalue weighted by Gasteiger charge is -1.88. The minimum absolute atomic E-state index is 0.248. The topological polar surface area (TPSA) is 62.8 Å². The van der Waals surface area contributed by atoms with Gasteiger partial charge in [0.25, 0.3) is 0 Å². The largest absolute Gasteiger partial charge is 0.348 e. The van der Waals surface area contributed by atoms with Crippen LogP contribution in [-0.4, -0.2) is 18.4 Å². The fraction of sp³-hybridized carbons (Fsp3) is 0.250. The Kier molecular flexibility index (Phi) is 1.96. The molecule has 0 aliphatic carbocycles. The van der Waals surface area contributed by atoms with Gasteiger partial charge < -0.3 is 4.98 Å². The van der Waals surface area contributed by atoms with Crippen LogP contribution in [-0.2, 0) is 14.8 Å².